The molecule has 0 aliphatic carbocycles. The van der Waals surface area contributed by atoms with Crippen molar-refractivity contribution in [1.82, 2.24) is 0 Å². The number of carbonyl (C=O) groups is 3. The number of ketones is 1. The van der Waals surface area contributed by atoms with E-state index < -0.39 is 12.1 Å². The molecule has 246 valence electrons. The summed E-state index contributed by atoms with van der Waals surface area (Å²) in [5, 5.41) is 9.49. The fraction of sp³-hybridized carbons (Fsp3) is 0.703. The minimum absolute atomic E-state index is 0.103. The van der Waals surface area contributed by atoms with Gasteiger partial charge in [0.25, 0.3) is 0 Å². The van der Waals surface area contributed by atoms with Crippen LogP contribution in [0.5, 0.6) is 0 Å². The molecule has 43 heavy (non-hydrogen) atoms. The maximum absolute atomic E-state index is 12.1. The Morgan fingerprint density at radius 3 is 1.79 bits per heavy atom. The summed E-state index contributed by atoms with van der Waals surface area (Å²) < 4.78 is 10.5. The average Bonchev–Trinajstić information content (AvgIpc) is 3.00. The topological polar surface area (TPSA) is 89.9 Å². The first kappa shape index (κ1) is 40.5. The molecular formula is C37H62O6. The highest BCUT2D eigenvalue weighted by atomic mass is 16.6. The first-order valence-electron chi connectivity index (χ1n) is 17.1. The zero-order valence-electron chi connectivity index (χ0n) is 27.4. The predicted molar refractivity (Wildman–Crippen MR) is 178 cm³/mol. The van der Waals surface area contributed by atoms with Gasteiger partial charge in [0, 0.05) is 19.3 Å². The van der Waals surface area contributed by atoms with Crippen molar-refractivity contribution in [3.05, 3.63) is 48.6 Å². The average molecular weight is 603 g/mol. The molecule has 0 aliphatic heterocycles. The first-order valence-corrected chi connectivity index (χ1v) is 17.1. The number of aliphatic hydroxyl groups is 1. The molecule has 0 bridgehead atoms. The highest BCUT2D eigenvalue weighted by Crippen LogP contribution is 2.12. The minimum atomic E-state index is -0.815. The zero-order valence-corrected chi connectivity index (χ0v) is 27.4. The summed E-state index contributed by atoms with van der Waals surface area (Å²) in [7, 11) is 0. The molecule has 0 unspecified atom stereocenters. The maximum atomic E-state index is 12.1. The van der Waals surface area contributed by atoms with Crippen molar-refractivity contribution >= 4 is 17.7 Å². The van der Waals surface area contributed by atoms with Crippen LogP contribution in [0.2, 0.25) is 0 Å². The van der Waals surface area contributed by atoms with Gasteiger partial charge < -0.3 is 14.6 Å². The summed E-state index contributed by atoms with van der Waals surface area (Å²) in [6, 6.07) is 0. The van der Waals surface area contributed by atoms with Crippen LogP contribution in [0.3, 0.4) is 0 Å². The number of hydrogen-bond acceptors (Lipinski definition) is 6. The highest BCUT2D eigenvalue weighted by Gasteiger charge is 2.15. The summed E-state index contributed by atoms with van der Waals surface area (Å²) in [6.45, 7) is 3.90. The molecule has 0 aliphatic rings. The molecule has 0 heterocycles. The highest BCUT2D eigenvalue weighted by molar-refractivity contribution is 5.89. The third-order valence-electron chi connectivity index (χ3n) is 7.10. The molecule has 1 N–H and O–H groups in total. The van der Waals surface area contributed by atoms with Crippen molar-refractivity contribution < 1.29 is 29.0 Å². The van der Waals surface area contributed by atoms with Gasteiger partial charge in [-0.25, -0.2) is 0 Å². The molecule has 1 atom stereocenters. The Morgan fingerprint density at radius 1 is 0.605 bits per heavy atom. The molecular weight excluding hydrogens is 540 g/mol. The monoisotopic (exact) mass is 602 g/mol. The van der Waals surface area contributed by atoms with Crippen LogP contribution in [0.4, 0.5) is 0 Å². The van der Waals surface area contributed by atoms with Gasteiger partial charge in [-0.1, -0.05) is 133 Å². The lowest BCUT2D eigenvalue weighted by Crippen LogP contribution is -2.28. The molecule has 6 heteroatoms. The first-order chi connectivity index (χ1) is 21.0. The van der Waals surface area contributed by atoms with Gasteiger partial charge in [-0.05, 0) is 44.6 Å². The second-order valence-electron chi connectivity index (χ2n) is 11.3. The lowest BCUT2D eigenvalue weighted by Gasteiger charge is -2.15. The van der Waals surface area contributed by atoms with Crippen LogP contribution in [-0.2, 0) is 23.9 Å². The number of unbranched alkanes of at least 4 members (excludes halogenated alkanes) is 13. The molecule has 0 aromatic heterocycles. The quantitative estimate of drug-likeness (QED) is 0.0290. The normalized spacial score (nSPS) is 12.6. The van der Waals surface area contributed by atoms with Gasteiger partial charge in [-0.15, -0.1) is 0 Å². The van der Waals surface area contributed by atoms with Gasteiger partial charge >= 0.3 is 11.9 Å². The number of allylic oxidation sites excluding steroid dienone is 8. The SMILES string of the molecule is CCCCCCCCCCCCCC(=O)OC[C@H](CO)OC(=O)CCC/C=C\C/C=C\C/C=C\C=C\C(=O)CCCCC. The number of esters is 2. The molecule has 0 saturated carbocycles. The van der Waals surface area contributed by atoms with E-state index in [1.165, 1.54) is 51.4 Å². The molecule has 0 spiro atoms. The van der Waals surface area contributed by atoms with Crippen molar-refractivity contribution in [2.24, 2.45) is 0 Å². The van der Waals surface area contributed by atoms with Gasteiger partial charge in [0.05, 0.1) is 6.61 Å². The second-order valence-corrected chi connectivity index (χ2v) is 11.3. The van der Waals surface area contributed by atoms with Crippen molar-refractivity contribution in [2.75, 3.05) is 13.2 Å². The molecule has 0 aromatic rings. The predicted octanol–water partition coefficient (Wildman–Crippen LogP) is 9.46. The Hall–Kier alpha value is -2.47. The van der Waals surface area contributed by atoms with Crippen molar-refractivity contribution in [1.29, 1.82) is 0 Å². The van der Waals surface area contributed by atoms with E-state index in [2.05, 4.69) is 32.1 Å². The summed E-state index contributed by atoms with van der Waals surface area (Å²) >= 11 is 0. The molecule has 0 rings (SSSR count). The Bertz CT molecular complexity index is 795. The summed E-state index contributed by atoms with van der Waals surface area (Å²) in [4.78, 5) is 35.7. The summed E-state index contributed by atoms with van der Waals surface area (Å²) in [5.74, 6) is -0.509. The molecule has 0 radical (unpaired) electrons. The molecule has 0 fully saturated rings. The van der Waals surface area contributed by atoms with E-state index >= 15 is 0 Å². The fourth-order valence-corrected chi connectivity index (χ4v) is 4.44. The van der Waals surface area contributed by atoms with Crippen molar-refractivity contribution in [3.8, 4) is 0 Å². The van der Waals surface area contributed by atoms with Crippen LogP contribution < -0.4 is 0 Å². The van der Waals surface area contributed by atoms with E-state index in [0.717, 1.165) is 57.8 Å². The number of hydrogen-bond donors (Lipinski definition) is 1. The number of rotatable bonds is 30. The van der Waals surface area contributed by atoms with Crippen LogP contribution in [0.1, 0.15) is 149 Å². The van der Waals surface area contributed by atoms with Gasteiger partial charge in [-0.2, -0.15) is 0 Å². The van der Waals surface area contributed by atoms with E-state index in [-0.39, 0.29) is 31.4 Å². The molecule has 0 amide bonds. The van der Waals surface area contributed by atoms with E-state index in [0.29, 0.717) is 19.3 Å². The molecule has 6 nitrogen and oxygen atoms in total. The summed E-state index contributed by atoms with van der Waals surface area (Å²) in [5.41, 5.74) is 0. The van der Waals surface area contributed by atoms with E-state index in [4.69, 9.17) is 9.47 Å². The van der Waals surface area contributed by atoms with Crippen LogP contribution in [0, 0.1) is 0 Å². The van der Waals surface area contributed by atoms with Gasteiger partial charge in [0.2, 0.25) is 0 Å². The molecule has 0 saturated heterocycles. The smallest absolute Gasteiger partial charge is 0.306 e. The summed E-state index contributed by atoms with van der Waals surface area (Å²) in [6.07, 6.45) is 35.8. The Balaban J connectivity index is 3.77. The third-order valence-corrected chi connectivity index (χ3v) is 7.10. The van der Waals surface area contributed by atoms with E-state index in [1.807, 2.05) is 24.3 Å². The van der Waals surface area contributed by atoms with Gasteiger partial charge in [-0.3, -0.25) is 14.4 Å². The largest absolute Gasteiger partial charge is 0.462 e. The van der Waals surface area contributed by atoms with E-state index in [9.17, 15) is 19.5 Å². The Kier molecular flexibility index (Phi) is 30.6. The fourth-order valence-electron chi connectivity index (χ4n) is 4.44. The minimum Gasteiger partial charge on any atom is -0.462 e. The number of carbonyl (C=O) groups excluding carboxylic acids is 3. The van der Waals surface area contributed by atoms with Crippen molar-refractivity contribution in [2.45, 2.75) is 155 Å². The van der Waals surface area contributed by atoms with Gasteiger partial charge in [0.1, 0.15) is 6.61 Å². The third kappa shape index (κ3) is 30.8. The molecule has 0 aromatic carbocycles. The van der Waals surface area contributed by atoms with Crippen LogP contribution in [0.25, 0.3) is 0 Å². The number of aliphatic hydroxyl groups excluding tert-OH is 1. The Labute approximate surface area is 263 Å². The Morgan fingerprint density at radius 2 is 1.14 bits per heavy atom. The lowest BCUT2D eigenvalue weighted by atomic mass is 10.1. The van der Waals surface area contributed by atoms with E-state index in [1.54, 1.807) is 6.08 Å². The standard InChI is InChI=1S/C37H62O6/c1-3-5-7-8-9-10-12-16-19-22-26-30-36(40)42-33-35(32-38)43-37(41)31-27-23-20-17-14-11-13-15-18-21-25-29-34(39)28-24-6-4-2/h11,13,17-18,20-21,25,29,35,38H,3-10,12,14-16,19,22-24,26-28,30-33H2,1-2H3/b13-11-,20-17-,21-18-,29-25+/t35-/m0/s1. The van der Waals surface area contributed by atoms with Gasteiger partial charge in [0.15, 0.2) is 11.9 Å². The number of ether oxygens (including phenoxy) is 2. The van der Waals surface area contributed by atoms with Crippen molar-refractivity contribution in [3.63, 3.8) is 0 Å². The lowest BCUT2D eigenvalue weighted by molar-refractivity contribution is -0.161. The maximum Gasteiger partial charge on any atom is 0.306 e. The van der Waals surface area contributed by atoms with Crippen LogP contribution in [-0.4, -0.2) is 42.1 Å². The van der Waals surface area contributed by atoms with Crippen LogP contribution >= 0.6 is 0 Å². The zero-order chi connectivity index (χ0) is 31.6. The van der Waals surface area contributed by atoms with Crippen LogP contribution in [0.15, 0.2) is 48.6 Å². The second kappa shape index (κ2) is 32.4.